The number of aromatic nitrogens is 2. The third-order valence-electron chi connectivity index (χ3n) is 3.96. The molecule has 134 valence electrons. The Morgan fingerprint density at radius 1 is 1.08 bits per heavy atom. The van der Waals surface area contributed by atoms with Crippen molar-refractivity contribution in [2.24, 2.45) is 0 Å². The molecule has 3 aromatic rings. The number of ether oxygens (including phenoxy) is 1. The Hall–Kier alpha value is -3.35. The van der Waals surface area contributed by atoms with Crippen LogP contribution in [0.4, 0.5) is 4.79 Å². The first-order valence-corrected chi connectivity index (χ1v) is 8.27. The van der Waals surface area contributed by atoms with Gasteiger partial charge in [0.2, 0.25) is 5.91 Å². The summed E-state index contributed by atoms with van der Waals surface area (Å²) in [5, 5.41) is 5.29. The molecule has 7 nitrogen and oxygen atoms in total. The molecule has 1 heterocycles. The zero-order valence-electron chi connectivity index (χ0n) is 14.4. The quantitative estimate of drug-likeness (QED) is 0.713. The second-order valence-corrected chi connectivity index (χ2v) is 5.71. The molecule has 0 radical (unpaired) electrons. The molecule has 0 aliphatic heterocycles. The van der Waals surface area contributed by atoms with E-state index >= 15 is 0 Å². The smallest absolute Gasteiger partial charge is 0.406 e. The Labute approximate surface area is 151 Å². The molecular weight excluding hydrogens is 332 g/mol. The number of methoxy groups -OCH3 is 1. The van der Waals surface area contributed by atoms with Gasteiger partial charge in [-0.1, -0.05) is 24.3 Å². The minimum absolute atomic E-state index is 0.133. The number of fused-ring (bicyclic) bond motifs is 1. The van der Waals surface area contributed by atoms with Gasteiger partial charge < -0.3 is 15.4 Å². The van der Waals surface area contributed by atoms with Gasteiger partial charge in [-0.05, 0) is 29.8 Å². The van der Waals surface area contributed by atoms with E-state index < -0.39 is 6.09 Å². The molecule has 2 aromatic carbocycles. The lowest BCUT2D eigenvalue weighted by Gasteiger charge is -2.08. The number of benzene rings is 2. The molecule has 0 fully saturated rings. The maximum absolute atomic E-state index is 11.8. The maximum Gasteiger partial charge on any atom is 0.406 e. The number of hydrogen-bond acceptors (Lipinski definition) is 4. The fraction of sp³-hybridized carbons (Fsp3) is 0.211. The SMILES string of the molecule is COC(=O)NCCC(=O)NCc1ccc(-n2cnc3ccccc32)cc1. The third-order valence-corrected chi connectivity index (χ3v) is 3.96. The summed E-state index contributed by atoms with van der Waals surface area (Å²) in [6.45, 7) is 0.674. The first kappa shape index (κ1) is 17.5. The van der Waals surface area contributed by atoms with Crippen molar-refractivity contribution >= 4 is 23.0 Å². The number of nitrogens with zero attached hydrogens (tertiary/aromatic N) is 2. The first-order valence-electron chi connectivity index (χ1n) is 8.27. The van der Waals surface area contributed by atoms with E-state index in [0.29, 0.717) is 6.54 Å². The average Bonchev–Trinajstić information content (AvgIpc) is 3.11. The van der Waals surface area contributed by atoms with E-state index in [2.05, 4.69) is 20.4 Å². The molecule has 0 bridgehead atoms. The van der Waals surface area contributed by atoms with Gasteiger partial charge in [-0.15, -0.1) is 0 Å². The normalized spacial score (nSPS) is 10.5. The third kappa shape index (κ3) is 4.18. The monoisotopic (exact) mass is 352 g/mol. The van der Waals surface area contributed by atoms with Crippen molar-refractivity contribution in [3.05, 3.63) is 60.4 Å². The molecule has 0 atom stereocenters. The van der Waals surface area contributed by atoms with Crippen molar-refractivity contribution < 1.29 is 14.3 Å². The van der Waals surface area contributed by atoms with Crippen LogP contribution in [0.2, 0.25) is 0 Å². The molecule has 2 N–H and O–H groups in total. The molecule has 3 rings (SSSR count). The molecule has 0 spiro atoms. The van der Waals surface area contributed by atoms with Gasteiger partial charge >= 0.3 is 6.09 Å². The van der Waals surface area contributed by atoms with Gasteiger partial charge in [0, 0.05) is 25.2 Å². The summed E-state index contributed by atoms with van der Waals surface area (Å²) >= 11 is 0. The lowest BCUT2D eigenvalue weighted by molar-refractivity contribution is -0.121. The highest BCUT2D eigenvalue weighted by Crippen LogP contribution is 2.18. The van der Waals surface area contributed by atoms with Crippen molar-refractivity contribution in [2.75, 3.05) is 13.7 Å². The topological polar surface area (TPSA) is 85.2 Å². The summed E-state index contributed by atoms with van der Waals surface area (Å²) in [4.78, 5) is 27.1. The highest BCUT2D eigenvalue weighted by atomic mass is 16.5. The molecule has 0 unspecified atom stereocenters. The van der Waals surface area contributed by atoms with Gasteiger partial charge in [0.05, 0.1) is 18.1 Å². The largest absolute Gasteiger partial charge is 0.453 e. The van der Waals surface area contributed by atoms with Gasteiger partial charge in [0.25, 0.3) is 0 Å². The summed E-state index contributed by atoms with van der Waals surface area (Å²) in [5.74, 6) is -0.133. The molecule has 26 heavy (non-hydrogen) atoms. The lowest BCUT2D eigenvalue weighted by atomic mass is 10.2. The zero-order chi connectivity index (χ0) is 18.4. The van der Waals surface area contributed by atoms with E-state index in [-0.39, 0.29) is 18.9 Å². The van der Waals surface area contributed by atoms with Crippen LogP contribution in [0, 0.1) is 0 Å². The van der Waals surface area contributed by atoms with Crippen molar-refractivity contribution in [3.63, 3.8) is 0 Å². The van der Waals surface area contributed by atoms with Crippen molar-refractivity contribution in [3.8, 4) is 5.69 Å². The molecule has 0 saturated carbocycles. The van der Waals surface area contributed by atoms with E-state index in [1.165, 1.54) is 7.11 Å². The number of alkyl carbamates (subject to hydrolysis) is 1. The van der Waals surface area contributed by atoms with E-state index in [1.54, 1.807) is 6.33 Å². The summed E-state index contributed by atoms with van der Waals surface area (Å²) in [5.41, 5.74) is 4.00. The van der Waals surface area contributed by atoms with Gasteiger partial charge in [0.1, 0.15) is 6.33 Å². The van der Waals surface area contributed by atoms with Gasteiger partial charge in [-0.2, -0.15) is 0 Å². The van der Waals surface area contributed by atoms with E-state index in [1.807, 2.05) is 53.1 Å². The number of rotatable bonds is 6. The Morgan fingerprint density at radius 2 is 1.85 bits per heavy atom. The molecule has 7 heteroatoms. The summed E-state index contributed by atoms with van der Waals surface area (Å²) in [6, 6.07) is 15.9. The standard InChI is InChI=1S/C19H20N4O3/c1-26-19(25)20-11-10-18(24)21-12-14-6-8-15(9-7-14)23-13-22-16-4-2-3-5-17(16)23/h2-9,13H,10-12H2,1H3,(H,20,25)(H,21,24). The van der Waals surface area contributed by atoms with Crippen LogP contribution in [-0.4, -0.2) is 35.2 Å². The number of hydrogen-bond donors (Lipinski definition) is 2. The second kappa shape index (κ2) is 8.15. The Balaban J connectivity index is 1.55. The van der Waals surface area contributed by atoms with Crippen LogP contribution >= 0.6 is 0 Å². The number of carbonyl (C=O) groups excluding carboxylic acids is 2. The molecule has 0 saturated heterocycles. The number of para-hydroxylation sites is 2. The highest BCUT2D eigenvalue weighted by molar-refractivity contribution is 5.77. The molecule has 1 aromatic heterocycles. The van der Waals surface area contributed by atoms with Crippen molar-refractivity contribution in [1.82, 2.24) is 20.2 Å². The van der Waals surface area contributed by atoms with Crippen molar-refractivity contribution in [2.45, 2.75) is 13.0 Å². The lowest BCUT2D eigenvalue weighted by Crippen LogP contribution is -2.30. The average molecular weight is 352 g/mol. The van der Waals surface area contributed by atoms with Crippen LogP contribution in [0.3, 0.4) is 0 Å². The highest BCUT2D eigenvalue weighted by Gasteiger charge is 2.05. The number of nitrogens with one attached hydrogen (secondary N) is 2. The fourth-order valence-corrected chi connectivity index (χ4v) is 2.58. The molecule has 2 amide bonds. The van der Waals surface area contributed by atoms with Gasteiger partial charge in [-0.25, -0.2) is 9.78 Å². The second-order valence-electron chi connectivity index (χ2n) is 5.71. The van der Waals surface area contributed by atoms with Crippen LogP contribution in [0.15, 0.2) is 54.9 Å². The van der Waals surface area contributed by atoms with Crippen LogP contribution in [0.25, 0.3) is 16.7 Å². The number of carbonyl (C=O) groups is 2. The minimum Gasteiger partial charge on any atom is -0.453 e. The zero-order valence-corrected chi connectivity index (χ0v) is 14.4. The number of imidazole rings is 1. The van der Waals surface area contributed by atoms with Crippen molar-refractivity contribution in [1.29, 1.82) is 0 Å². The van der Waals surface area contributed by atoms with E-state index in [0.717, 1.165) is 22.3 Å². The predicted octanol–water partition coefficient (Wildman–Crippen LogP) is 2.39. The number of amides is 2. The fourth-order valence-electron chi connectivity index (χ4n) is 2.58. The predicted molar refractivity (Wildman–Crippen MR) is 97.9 cm³/mol. The summed E-state index contributed by atoms with van der Waals surface area (Å²) in [6.07, 6.45) is 1.46. The summed E-state index contributed by atoms with van der Waals surface area (Å²) in [7, 11) is 1.28. The van der Waals surface area contributed by atoms with Gasteiger partial charge in [-0.3, -0.25) is 9.36 Å². The Kier molecular flexibility index (Phi) is 5.48. The Bertz CT molecular complexity index is 903. The maximum atomic E-state index is 11.8. The Morgan fingerprint density at radius 3 is 2.62 bits per heavy atom. The van der Waals surface area contributed by atoms with E-state index in [4.69, 9.17) is 0 Å². The van der Waals surface area contributed by atoms with Crippen LogP contribution in [0.5, 0.6) is 0 Å². The minimum atomic E-state index is -0.541. The molecule has 0 aliphatic carbocycles. The first-order chi connectivity index (χ1) is 12.7. The van der Waals surface area contributed by atoms with Crippen LogP contribution in [-0.2, 0) is 16.1 Å². The van der Waals surface area contributed by atoms with Gasteiger partial charge in [0.15, 0.2) is 0 Å². The summed E-state index contributed by atoms with van der Waals surface area (Å²) < 4.78 is 6.47. The molecular formula is C19H20N4O3. The van der Waals surface area contributed by atoms with Crippen LogP contribution < -0.4 is 10.6 Å². The molecule has 0 aliphatic rings. The van der Waals surface area contributed by atoms with Crippen LogP contribution in [0.1, 0.15) is 12.0 Å². The van der Waals surface area contributed by atoms with E-state index in [9.17, 15) is 9.59 Å².